The number of amides is 1. The molecule has 1 aliphatic rings. The average molecular weight is 415 g/mol. The molecule has 0 bridgehead atoms. The first-order valence-electron chi connectivity index (χ1n) is 10.3. The fourth-order valence-corrected chi connectivity index (χ4v) is 3.65. The SMILES string of the molecule is CC(C)C[C@H](NC(=O)OC(C)(C)C)C(=O)Oc1ccc2c3c(c(=O)oc2c1)CCC3. The minimum absolute atomic E-state index is 0.148. The van der Waals surface area contributed by atoms with Crippen molar-refractivity contribution in [3.05, 3.63) is 39.7 Å². The van der Waals surface area contributed by atoms with Gasteiger partial charge in [0, 0.05) is 17.0 Å². The van der Waals surface area contributed by atoms with E-state index in [-0.39, 0.29) is 17.3 Å². The molecule has 1 heterocycles. The third-order valence-corrected chi connectivity index (χ3v) is 4.85. The summed E-state index contributed by atoms with van der Waals surface area (Å²) in [6, 6.07) is 4.18. The lowest BCUT2D eigenvalue weighted by Gasteiger charge is -2.23. The van der Waals surface area contributed by atoms with Crippen LogP contribution >= 0.6 is 0 Å². The van der Waals surface area contributed by atoms with E-state index in [9.17, 15) is 14.4 Å². The Morgan fingerprint density at radius 3 is 2.53 bits per heavy atom. The van der Waals surface area contributed by atoms with Crippen LogP contribution in [0.3, 0.4) is 0 Å². The first-order valence-corrected chi connectivity index (χ1v) is 10.3. The van der Waals surface area contributed by atoms with E-state index < -0.39 is 23.7 Å². The number of nitrogens with one attached hydrogen (secondary N) is 1. The Bertz CT molecular complexity index is 1010. The number of carbonyl (C=O) groups is 2. The van der Waals surface area contributed by atoms with Gasteiger partial charge in [0.25, 0.3) is 0 Å². The second kappa shape index (κ2) is 8.50. The van der Waals surface area contributed by atoms with Crippen molar-refractivity contribution in [2.75, 3.05) is 0 Å². The highest BCUT2D eigenvalue weighted by atomic mass is 16.6. The summed E-state index contributed by atoms with van der Waals surface area (Å²) < 4.78 is 16.2. The van der Waals surface area contributed by atoms with E-state index in [0.29, 0.717) is 12.0 Å². The normalized spacial score (nSPS) is 14.5. The number of esters is 1. The fraction of sp³-hybridized carbons (Fsp3) is 0.522. The number of hydrogen-bond acceptors (Lipinski definition) is 6. The molecular weight excluding hydrogens is 386 g/mol. The second-order valence-electron chi connectivity index (χ2n) is 9.11. The lowest BCUT2D eigenvalue weighted by Crippen LogP contribution is -2.45. The summed E-state index contributed by atoms with van der Waals surface area (Å²) in [5, 5.41) is 3.46. The number of aryl methyl sites for hydroxylation is 1. The molecular formula is C23H29NO6. The Morgan fingerprint density at radius 2 is 1.87 bits per heavy atom. The quantitative estimate of drug-likeness (QED) is 0.448. The summed E-state index contributed by atoms with van der Waals surface area (Å²) in [5.74, 6) is -0.194. The van der Waals surface area contributed by atoms with E-state index in [1.165, 1.54) is 0 Å². The summed E-state index contributed by atoms with van der Waals surface area (Å²) >= 11 is 0. The van der Waals surface area contributed by atoms with Crippen molar-refractivity contribution in [2.45, 2.75) is 71.9 Å². The highest BCUT2D eigenvalue weighted by Gasteiger charge is 2.27. The number of ether oxygens (including phenoxy) is 2. The van der Waals surface area contributed by atoms with Gasteiger partial charge in [0.1, 0.15) is 23.0 Å². The van der Waals surface area contributed by atoms with E-state index in [4.69, 9.17) is 13.9 Å². The topological polar surface area (TPSA) is 94.8 Å². The molecule has 30 heavy (non-hydrogen) atoms. The maximum Gasteiger partial charge on any atom is 0.408 e. The van der Waals surface area contributed by atoms with E-state index in [2.05, 4.69) is 5.32 Å². The molecule has 0 fully saturated rings. The first-order chi connectivity index (χ1) is 14.0. The highest BCUT2D eigenvalue weighted by Crippen LogP contribution is 2.29. The lowest BCUT2D eigenvalue weighted by molar-refractivity contribution is -0.137. The predicted molar refractivity (Wildman–Crippen MR) is 113 cm³/mol. The summed E-state index contributed by atoms with van der Waals surface area (Å²) in [5.41, 5.74) is 1.15. The van der Waals surface area contributed by atoms with Gasteiger partial charge in [0.05, 0.1) is 0 Å². The second-order valence-corrected chi connectivity index (χ2v) is 9.11. The molecule has 0 unspecified atom stereocenters. The Balaban J connectivity index is 1.79. The Labute approximate surface area is 175 Å². The van der Waals surface area contributed by atoms with Gasteiger partial charge in [-0.25, -0.2) is 14.4 Å². The summed E-state index contributed by atoms with van der Waals surface area (Å²) in [4.78, 5) is 37.1. The van der Waals surface area contributed by atoms with Crippen LogP contribution in [0.25, 0.3) is 11.0 Å². The number of benzene rings is 1. The number of hydrogen-bond donors (Lipinski definition) is 1. The highest BCUT2D eigenvalue weighted by molar-refractivity contribution is 5.86. The van der Waals surface area contributed by atoms with E-state index in [0.717, 1.165) is 35.8 Å². The molecule has 2 aromatic rings. The summed E-state index contributed by atoms with van der Waals surface area (Å²) in [6.07, 6.45) is 2.23. The van der Waals surface area contributed by atoms with Gasteiger partial charge in [-0.05, 0) is 70.1 Å². The van der Waals surface area contributed by atoms with Crippen LogP contribution in [0, 0.1) is 5.92 Å². The molecule has 7 nitrogen and oxygen atoms in total. The number of rotatable bonds is 5. The molecule has 162 valence electrons. The zero-order chi connectivity index (χ0) is 22.1. The van der Waals surface area contributed by atoms with Crippen LogP contribution in [0.15, 0.2) is 27.4 Å². The standard InChI is InChI=1S/C23H29NO6/c1-13(2)11-18(24-22(27)30-23(3,4)5)21(26)28-14-9-10-16-15-7-6-8-17(15)20(25)29-19(16)12-14/h9-10,12-13,18H,6-8,11H2,1-5H3,(H,24,27)/t18-/m0/s1. The molecule has 3 rings (SSSR count). The monoisotopic (exact) mass is 415 g/mol. The Kier molecular flexibility index (Phi) is 6.19. The molecule has 1 N–H and O–H groups in total. The lowest BCUT2D eigenvalue weighted by atomic mass is 10.0. The molecule has 0 radical (unpaired) electrons. The minimum atomic E-state index is -0.859. The Hall–Kier alpha value is -2.83. The van der Waals surface area contributed by atoms with E-state index in [1.807, 2.05) is 19.9 Å². The van der Waals surface area contributed by atoms with Crippen LogP contribution in [0.2, 0.25) is 0 Å². The van der Waals surface area contributed by atoms with Gasteiger partial charge in [-0.3, -0.25) is 0 Å². The van der Waals surface area contributed by atoms with Crippen molar-refractivity contribution in [1.82, 2.24) is 5.32 Å². The van der Waals surface area contributed by atoms with Gasteiger partial charge >= 0.3 is 17.7 Å². The number of alkyl carbamates (subject to hydrolysis) is 1. The van der Waals surface area contributed by atoms with Gasteiger partial charge in [0.2, 0.25) is 0 Å². The van der Waals surface area contributed by atoms with E-state index >= 15 is 0 Å². The van der Waals surface area contributed by atoms with Crippen LogP contribution in [0.1, 0.15) is 58.6 Å². The van der Waals surface area contributed by atoms with Gasteiger partial charge < -0.3 is 19.2 Å². The van der Waals surface area contributed by atoms with Gasteiger partial charge in [-0.15, -0.1) is 0 Å². The van der Waals surface area contributed by atoms with Gasteiger partial charge in [0.15, 0.2) is 0 Å². The third-order valence-electron chi connectivity index (χ3n) is 4.85. The zero-order valence-electron chi connectivity index (χ0n) is 18.2. The molecule has 0 spiro atoms. The van der Waals surface area contributed by atoms with Crippen molar-refractivity contribution in [3.63, 3.8) is 0 Å². The van der Waals surface area contributed by atoms with E-state index in [1.54, 1.807) is 32.9 Å². The molecule has 0 saturated heterocycles. The molecule has 1 aliphatic carbocycles. The molecule has 1 aromatic heterocycles. The zero-order valence-corrected chi connectivity index (χ0v) is 18.2. The average Bonchev–Trinajstić information content (AvgIpc) is 3.09. The largest absolute Gasteiger partial charge is 0.444 e. The molecule has 7 heteroatoms. The van der Waals surface area contributed by atoms with Crippen LogP contribution in [0.4, 0.5) is 4.79 Å². The molecule has 0 saturated carbocycles. The fourth-order valence-electron chi connectivity index (χ4n) is 3.65. The van der Waals surface area contributed by atoms with Crippen molar-refractivity contribution in [3.8, 4) is 5.75 Å². The van der Waals surface area contributed by atoms with Crippen LogP contribution in [-0.2, 0) is 22.4 Å². The summed E-state index contributed by atoms with van der Waals surface area (Å²) in [7, 11) is 0. The number of fused-ring (bicyclic) bond motifs is 3. The Morgan fingerprint density at radius 1 is 1.17 bits per heavy atom. The van der Waals surface area contributed by atoms with Crippen molar-refractivity contribution in [2.24, 2.45) is 5.92 Å². The first kappa shape index (κ1) is 21.9. The number of carbonyl (C=O) groups excluding carboxylic acids is 2. The molecule has 1 amide bonds. The van der Waals surface area contributed by atoms with Crippen molar-refractivity contribution >= 4 is 23.0 Å². The van der Waals surface area contributed by atoms with Crippen LogP contribution in [0.5, 0.6) is 5.75 Å². The van der Waals surface area contributed by atoms with Crippen LogP contribution in [-0.4, -0.2) is 23.7 Å². The smallest absolute Gasteiger partial charge is 0.408 e. The molecule has 1 atom stereocenters. The third kappa shape index (κ3) is 5.20. The van der Waals surface area contributed by atoms with Crippen molar-refractivity contribution in [1.29, 1.82) is 0 Å². The maximum atomic E-state index is 12.8. The predicted octanol–water partition coefficient (Wildman–Crippen LogP) is 4.13. The van der Waals surface area contributed by atoms with Crippen LogP contribution < -0.4 is 15.7 Å². The maximum absolute atomic E-state index is 12.8. The van der Waals surface area contributed by atoms with Gasteiger partial charge in [-0.1, -0.05) is 13.8 Å². The molecule has 0 aliphatic heterocycles. The summed E-state index contributed by atoms with van der Waals surface area (Å²) in [6.45, 7) is 9.15. The minimum Gasteiger partial charge on any atom is -0.444 e. The van der Waals surface area contributed by atoms with Gasteiger partial charge in [-0.2, -0.15) is 0 Å². The van der Waals surface area contributed by atoms with Crippen molar-refractivity contribution < 1.29 is 23.5 Å². The molecule has 1 aromatic carbocycles.